The average molecular weight is 241 g/mol. The Balaban J connectivity index is 2.48. The van der Waals surface area contributed by atoms with Crippen molar-refractivity contribution in [3.05, 3.63) is 0 Å². The molecule has 0 spiro atoms. The third-order valence-electron chi connectivity index (χ3n) is 3.48. The van der Waals surface area contributed by atoms with Crippen LogP contribution < -0.4 is 5.32 Å². The van der Waals surface area contributed by atoms with Crippen molar-refractivity contribution < 1.29 is 4.79 Å². The fourth-order valence-corrected chi connectivity index (χ4v) is 2.06. The number of hydrogen-bond acceptors (Lipinski definition) is 3. The molecule has 0 aromatic heterocycles. The van der Waals surface area contributed by atoms with Gasteiger partial charge in [-0.2, -0.15) is 0 Å². The van der Waals surface area contributed by atoms with Gasteiger partial charge in [0, 0.05) is 30.7 Å². The average Bonchev–Trinajstić information content (AvgIpc) is 2.20. The van der Waals surface area contributed by atoms with E-state index in [9.17, 15) is 4.79 Å². The first-order chi connectivity index (χ1) is 7.70. The van der Waals surface area contributed by atoms with E-state index in [1.807, 2.05) is 4.90 Å². The molecule has 1 aliphatic rings. The molecule has 1 saturated heterocycles. The van der Waals surface area contributed by atoms with Gasteiger partial charge in [0.2, 0.25) is 5.91 Å². The van der Waals surface area contributed by atoms with Crippen LogP contribution in [0.25, 0.3) is 0 Å². The molecule has 0 radical (unpaired) electrons. The molecule has 1 aliphatic heterocycles. The fraction of sp³-hybridized carbons (Fsp3) is 0.923. The van der Waals surface area contributed by atoms with Crippen molar-refractivity contribution in [2.75, 3.05) is 26.7 Å². The van der Waals surface area contributed by atoms with Crippen molar-refractivity contribution >= 4 is 5.91 Å². The van der Waals surface area contributed by atoms with Crippen LogP contribution in [0.5, 0.6) is 0 Å². The van der Waals surface area contributed by atoms with Gasteiger partial charge in [-0.15, -0.1) is 0 Å². The van der Waals surface area contributed by atoms with E-state index in [1.165, 1.54) is 0 Å². The van der Waals surface area contributed by atoms with Gasteiger partial charge in [-0.25, -0.2) is 0 Å². The minimum atomic E-state index is -0.000525. The quantitative estimate of drug-likeness (QED) is 0.781. The zero-order valence-electron chi connectivity index (χ0n) is 12.1. The molecule has 2 unspecified atom stereocenters. The first-order valence-corrected chi connectivity index (χ1v) is 6.45. The summed E-state index contributed by atoms with van der Waals surface area (Å²) < 4.78 is 0. The summed E-state index contributed by atoms with van der Waals surface area (Å²) in [7, 11) is 2.13. The first-order valence-electron chi connectivity index (χ1n) is 6.45. The van der Waals surface area contributed by atoms with E-state index in [0.717, 1.165) is 13.1 Å². The monoisotopic (exact) mass is 241 g/mol. The molecule has 17 heavy (non-hydrogen) atoms. The summed E-state index contributed by atoms with van der Waals surface area (Å²) in [5.74, 6) is 0.215. The maximum Gasteiger partial charge on any atom is 0.236 e. The minimum Gasteiger partial charge on any atom is -0.338 e. The van der Waals surface area contributed by atoms with Crippen LogP contribution in [-0.4, -0.2) is 60.0 Å². The van der Waals surface area contributed by atoms with Gasteiger partial charge in [0.25, 0.3) is 0 Å². The highest BCUT2D eigenvalue weighted by molar-refractivity contribution is 5.78. The minimum absolute atomic E-state index is 0.000525. The molecule has 1 rings (SSSR count). The molecule has 1 N–H and O–H groups in total. The Hall–Kier alpha value is -0.610. The zero-order chi connectivity index (χ0) is 13.2. The van der Waals surface area contributed by atoms with Crippen molar-refractivity contribution in [1.29, 1.82) is 0 Å². The van der Waals surface area contributed by atoms with Crippen molar-refractivity contribution in [2.45, 2.75) is 52.2 Å². The molecular weight excluding hydrogens is 214 g/mol. The Labute approximate surface area is 105 Å². The molecule has 1 heterocycles. The summed E-state index contributed by atoms with van der Waals surface area (Å²) in [5.41, 5.74) is -0.000525. The maximum absolute atomic E-state index is 12.1. The fourth-order valence-electron chi connectivity index (χ4n) is 2.06. The Kier molecular flexibility index (Phi) is 4.55. The van der Waals surface area contributed by atoms with E-state index in [-0.39, 0.29) is 11.4 Å². The summed E-state index contributed by atoms with van der Waals surface area (Å²) in [6, 6.07) is 0.884. The molecule has 4 heteroatoms. The lowest BCUT2D eigenvalue weighted by molar-refractivity contribution is -0.134. The first kappa shape index (κ1) is 14.5. The number of nitrogens with zero attached hydrogens (tertiary/aromatic N) is 2. The lowest BCUT2D eigenvalue weighted by atomic mass is 10.1. The highest BCUT2D eigenvalue weighted by Crippen LogP contribution is 2.13. The van der Waals surface area contributed by atoms with E-state index in [1.54, 1.807) is 0 Å². The lowest BCUT2D eigenvalue weighted by Crippen LogP contribution is -2.58. The van der Waals surface area contributed by atoms with Crippen LogP contribution >= 0.6 is 0 Å². The summed E-state index contributed by atoms with van der Waals surface area (Å²) in [6.07, 6.45) is 0. The number of piperazine rings is 1. The van der Waals surface area contributed by atoms with Crippen LogP contribution in [-0.2, 0) is 4.79 Å². The Morgan fingerprint density at radius 3 is 2.12 bits per heavy atom. The third-order valence-corrected chi connectivity index (χ3v) is 3.48. The Morgan fingerprint density at radius 1 is 1.24 bits per heavy atom. The van der Waals surface area contributed by atoms with Crippen LogP contribution in [0.15, 0.2) is 0 Å². The Morgan fingerprint density at radius 2 is 1.71 bits per heavy atom. The second kappa shape index (κ2) is 5.36. The van der Waals surface area contributed by atoms with E-state index in [2.05, 4.69) is 51.9 Å². The van der Waals surface area contributed by atoms with Crippen LogP contribution in [0.3, 0.4) is 0 Å². The van der Waals surface area contributed by atoms with E-state index >= 15 is 0 Å². The second-order valence-electron chi connectivity index (χ2n) is 6.27. The van der Waals surface area contributed by atoms with Crippen LogP contribution in [0, 0.1) is 0 Å². The van der Waals surface area contributed by atoms with Crippen molar-refractivity contribution in [3.63, 3.8) is 0 Å². The molecule has 0 aromatic rings. The summed E-state index contributed by atoms with van der Waals surface area (Å²) in [5, 5.41) is 3.25. The van der Waals surface area contributed by atoms with Gasteiger partial charge in [0.15, 0.2) is 0 Å². The molecule has 2 atom stereocenters. The largest absolute Gasteiger partial charge is 0.338 e. The molecule has 0 aliphatic carbocycles. The molecule has 1 amide bonds. The topological polar surface area (TPSA) is 35.6 Å². The van der Waals surface area contributed by atoms with Gasteiger partial charge in [0.1, 0.15) is 0 Å². The molecule has 100 valence electrons. The van der Waals surface area contributed by atoms with Gasteiger partial charge in [0.05, 0.1) is 6.54 Å². The number of nitrogens with one attached hydrogen (secondary N) is 1. The number of amides is 1. The zero-order valence-corrected chi connectivity index (χ0v) is 12.1. The number of likely N-dealkylation sites (N-methyl/N-ethyl adjacent to an activating group) is 1. The molecule has 1 fully saturated rings. The Bertz CT molecular complexity index is 260. The normalized spacial score (nSPS) is 27.3. The molecule has 0 aromatic carbocycles. The molecule has 4 nitrogen and oxygen atoms in total. The maximum atomic E-state index is 12.1. The van der Waals surface area contributed by atoms with Gasteiger partial charge >= 0.3 is 0 Å². The standard InChI is InChI=1S/C13H27N3O/c1-10-8-16(9-11(2)15(10)6)12(17)7-14-13(3,4)5/h10-11,14H,7-9H2,1-6H3. The predicted octanol–water partition coefficient (Wildman–Crippen LogP) is 0.926. The number of carbonyl (C=O) groups is 1. The molecule has 0 bridgehead atoms. The summed E-state index contributed by atoms with van der Waals surface area (Å²) >= 11 is 0. The SMILES string of the molecule is CC1CN(C(=O)CNC(C)(C)C)CC(C)N1C. The van der Waals surface area contributed by atoms with Crippen LogP contribution in [0.1, 0.15) is 34.6 Å². The van der Waals surface area contributed by atoms with E-state index in [0.29, 0.717) is 18.6 Å². The second-order valence-corrected chi connectivity index (χ2v) is 6.27. The van der Waals surface area contributed by atoms with Crippen molar-refractivity contribution in [1.82, 2.24) is 15.1 Å². The molecule has 0 saturated carbocycles. The lowest BCUT2D eigenvalue weighted by Gasteiger charge is -2.42. The highest BCUT2D eigenvalue weighted by Gasteiger charge is 2.29. The third kappa shape index (κ3) is 4.28. The van der Waals surface area contributed by atoms with E-state index in [4.69, 9.17) is 0 Å². The summed E-state index contributed by atoms with van der Waals surface area (Å²) in [4.78, 5) is 16.4. The number of carbonyl (C=O) groups excluding carboxylic acids is 1. The molecular formula is C13H27N3O. The van der Waals surface area contributed by atoms with Crippen LogP contribution in [0.2, 0.25) is 0 Å². The van der Waals surface area contributed by atoms with Crippen LogP contribution in [0.4, 0.5) is 0 Å². The number of hydrogen-bond donors (Lipinski definition) is 1. The smallest absolute Gasteiger partial charge is 0.236 e. The van der Waals surface area contributed by atoms with Gasteiger partial charge in [-0.3, -0.25) is 9.69 Å². The number of rotatable bonds is 2. The summed E-state index contributed by atoms with van der Waals surface area (Å²) in [6.45, 7) is 12.7. The predicted molar refractivity (Wildman–Crippen MR) is 71.0 cm³/mol. The van der Waals surface area contributed by atoms with E-state index < -0.39 is 0 Å². The van der Waals surface area contributed by atoms with Gasteiger partial charge in [-0.05, 0) is 41.7 Å². The van der Waals surface area contributed by atoms with Crippen molar-refractivity contribution in [2.24, 2.45) is 0 Å². The van der Waals surface area contributed by atoms with Gasteiger partial charge in [-0.1, -0.05) is 0 Å². The van der Waals surface area contributed by atoms with Crippen molar-refractivity contribution in [3.8, 4) is 0 Å². The van der Waals surface area contributed by atoms with Gasteiger partial charge < -0.3 is 10.2 Å². The highest BCUT2D eigenvalue weighted by atomic mass is 16.2.